The number of aromatic nitrogens is 1. The highest BCUT2D eigenvalue weighted by Gasteiger charge is 2.45. The van der Waals surface area contributed by atoms with Gasteiger partial charge in [-0.15, -0.1) is 0 Å². The number of ether oxygens (including phenoxy) is 1. The van der Waals surface area contributed by atoms with Crippen molar-refractivity contribution in [1.82, 2.24) is 9.58 Å². The van der Waals surface area contributed by atoms with E-state index in [4.69, 9.17) is 4.74 Å². The molecule has 0 saturated carbocycles. The zero-order chi connectivity index (χ0) is 27.1. The lowest BCUT2D eigenvalue weighted by Gasteiger charge is -2.51. The summed E-state index contributed by atoms with van der Waals surface area (Å²) in [7, 11) is 1.60. The Bertz CT molecular complexity index is 1380. The van der Waals surface area contributed by atoms with Gasteiger partial charge in [0.05, 0.1) is 6.04 Å². The Labute approximate surface area is 219 Å². The summed E-state index contributed by atoms with van der Waals surface area (Å²) >= 11 is 0. The van der Waals surface area contributed by atoms with Crippen LogP contribution in [-0.4, -0.2) is 46.5 Å². The van der Waals surface area contributed by atoms with Crippen LogP contribution < -0.4 is 10.4 Å². The van der Waals surface area contributed by atoms with Crippen LogP contribution in [-0.2, 0) is 17.6 Å². The first-order valence-electron chi connectivity index (χ1n) is 12.9. The molecule has 1 aromatic heterocycles. The zero-order valence-corrected chi connectivity index (χ0v) is 21.7. The number of aromatic hydroxyl groups is 1. The fraction of sp³-hybridized carbons (Fsp3) is 0.379. The molecule has 3 aromatic rings. The topological polar surface area (TPSA) is 75.0 Å². The van der Waals surface area contributed by atoms with Crippen molar-refractivity contribution in [3.8, 4) is 5.75 Å². The minimum atomic E-state index is -0.712. The van der Waals surface area contributed by atoms with Crippen molar-refractivity contribution in [2.75, 3.05) is 18.7 Å². The molecular formula is C29H31F2N3O4. The van der Waals surface area contributed by atoms with E-state index in [9.17, 15) is 14.7 Å². The number of amides is 1. The average molecular weight is 524 g/mol. The zero-order valence-electron chi connectivity index (χ0n) is 21.7. The summed E-state index contributed by atoms with van der Waals surface area (Å²) < 4.78 is 37.3. The van der Waals surface area contributed by atoms with Crippen LogP contribution in [0.25, 0.3) is 0 Å². The Morgan fingerprint density at radius 3 is 2.16 bits per heavy atom. The molecule has 2 aliphatic rings. The molecule has 0 bridgehead atoms. The molecule has 0 fully saturated rings. The van der Waals surface area contributed by atoms with E-state index in [0.717, 1.165) is 0 Å². The fourth-order valence-corrected chi connectivity index (χ4v) is 5.89. The van der Waals surface area contributed by atoms with Crippen molar-refractivity contribution < 1.29 is 23.4 Å². The van der Waals surface area contributed by atoms with Gasteiger partial charge >= 0.3 is 0 Å². The SMILES string of the molecule is COCCCC1N(C(C)C)C(=O)c2c(O)c(=O)ccn2N1C1c2cccc(F)c2CCc2c(F)cccc21. The molecule has 1 amide bonds. The molecule has 38 heavy (non-hydrogen) atoms. The van der Waals surface area contributed by atoms with E-state index in [1.807, 2.05) is 31.0 Å². The molecule has 0 radical (unpaired) electrons. The molecular weight excluding hydrogens is 492 g/mol. The first kappa shape index (κ1) is 25.9. The number of hydrogen-bond acceptors (Lipinski definition) is 5. The number of pyridine rings is 1. The van der Waals surface area contributed by atoms with Gasteiger partial charge in [0.2, 0.25) is 5.43 Å². The summed E-state index contributed by atoms with van der Waals surface area (Å²) in [5.74, 6) is -1.90. The van der Waals surface area contributed by atoms with E-state index in [1.165, 1.54) is 29.1 Å². The lowest BCUT2D eigenvalue weighted by molar-refractivity contribution is 0.0428. The highest BCUT2D eigenvalue weighted by Crippen LogP contribution is 2.42. The minimum Gasteiger partial charge on any atom is -0.502 e. The molecule has 0 saturated heterocycles. The molecule has 1 unspecified atom stereocenters. The van der Waals surface area contributed by atoms with E-state index in [0.29, 0.717) is 54.5 Å². The summed E-state index contributed by atoms with van der Waals surface area (Å²) in [6.45, 7) is 4.18. The summed E-state index contributed by atoms with van der Waals surface area (Å²) in [6.07, 6.45) is 2.60. The van der Waals surface area contributed by atoms with Crippen LogP contribution in [0, 0.1) is 11.6 Å². The molecule has 1 atom stereocenters. The largest absolute Gasteiger partial charge is 0.502 e. The van der Waals surface area contributed by atoms with Gasteiger partial charge in [-0.1, -0.05) is 24.3 Å². The second-order valence-corrected chi connectivity index (χ2v) is 10.0. The van der Waals surface area contributed by atoms with E-state index < -0.39 is 29.3 Å². The van der Waals surface area contributed by atoms with Crippen LogP contribution >= 0.6 is 0 Å². The molecule has 2 heterocycles. The lowest BCUT2D eigenvalue weighted by Crippen LogP contribution is -2.64. The van der Waals surface area contributed by atoms with Gasteiger partial charge in [-0.3, -0.25) is 19.3 Å². The number of halogens is 2. The molecule has 2 aromatic carbocycles. The van der Waals surface area contributed by atoms with Crippen molar-refractivity contribution in [1.29, 1.82) is 0 Å². The average Bonchev–Trinajstić information content (AvgIpc) is 3.05. The van der Waals surface area contributed by atoms with Crippen LogP contribution in [0.2, 0.25) is 0 Å². The first-order valence-corrected chi connectivity index (χ1v) is 12.9. The monoisotopic (exact) mass is 523 g/mol. The van der Waals surface area contributed by atoms with Gasteiger partial charge in [-0.25, -0.2) is 8.78 Å². The quantitative estimate of drug-likeness (QED) is 0.489. The van der Waals surface area contributed by atoms with Gasteiger partial charge in [0, 0.05) is 32.0 Å². The normalized spacial score (nSPS) is 17.3. The Kier molecular flexibility index (Phi) is 6.96. The van der Waals surface area contributed by atoms with Gasteiger partial charge in [0.1, 0.15) is 17.8 Å². The second-order valence-electron chi connectivity index (χ2n) is 10.0. The second kappa shape index (κ2) is 10.2. The Hall–Kier alpha value is -3.72. The number of carbonyl (C=O) groups excluding carboxylic acids is 1. The smallest absolute Gasteiger partial charge is 0.278 e. The Balaban J connectivity index is 1.85. The number of carbonyl (C=O) groups is 1. The van der Waals surface area contributed by atoms with Crippen molar-refractivity contribution >= 4 is 5.91 Å². The van der Waals surface area contributed by atoms with Gasteiger partial charge in [-0.2, -0.15) is 0 Å². The summed E-state index contributed by atoms with van der Waals surface area (Å²) in [5.41, 5.74) is 1.40. The molecule has 5 rings (SSSR count). The molecule has 1 aliphatic heterocycles. The predicted molar refractivity (Wildman–Crippen MR) is 139 cm³/mol. The third-order valence-corrected chi connectivity index (χ3v) is 7.52. The summed E-state index contributed by atoms with van der Waals surface area (Å²) in [4.78, 5) is 27.9. The maximum Gasteiger partial charge on any atom is 0.278 e. The van der Waals surface area contributed by atoms with E-state index in [1.54, 1.807) is 24.1 Å². The Morgan fingerprint density at radius 1 is 1.00 bits per heavy atom. The van der Waals surface area contributed by atoms with Crippen LogP contribution in [0.15, 0.2) is 53.5 Å². The van der Waals surface area contributed by atoms with Gasteiger partial charge in [0.15, 0.2) is 11.4 Å². The number of methoxy groups -OCH3 is 1. The van der Waals surface area contributed by atoms with Crippen LogP contribution in [0.5, 0.6) is 5.75 Å². The van der Waals surface area contributed by atoms with Gasteiger partial charge in [-0.05, 0) is 73.9 Å². The highest BCUT2D eigenvalue weighted by atomic mass is 19.1. The summed E-state index contributed by atoms with van der Waals surface area (Å²) in [5, 5.41) is 12.7. The van der Waals surface area contributed by atoms with E-state index in [-0.39, 0.29) is 23.4 Å². The van der Waals surface area contributed by atoms with E-state index >= 15 is 8.78 Å². The standard InChI is InChI=1S/C29H31F2N3O4/c1-17(2)33-25(11-6-16-38-3)34(32-15-14-24(35)28(36)27(32)29(33)37)26-20-7-4-9-22(30)18(20)12-13-19-21(26)8-5-10-23(19)31/h4-5,7-10,14-15,17,25-26,36H,6,11-13,16H2,1-3H3. The number of nitrogens with zero attached hydrogens (tertiary/aromatic N) is 3. The molecule has 0 spiro atoms. The van der Waals surface area contributed by atoms with Gasteiger partial charge < -0.3 is 14.7 Å². The maximum absolute atomic E-state index is 15.3. The third-order valence-electron chi connectivity index (χ3n) is 7.52. The molecule has 9 heteroatoms. The summed E-state index contributed by atoms with van der Waals surface area (Å²) in [6, 6.07) is 9.90. The van der Waals surface area contributed by atoms with E-state index in [2.05, 4.69) is 0 Å². The van der Waals surface area contributed by atoms with Crippen molar-refractivity contribution in [2.45, 2.75) is 57.8 Å². The first-order chi connectivity index (χ1) is 18.3. The molecule has 200 valence electrons. The molecule has 1 aliphatic carbocycles. The Morgan fingerprint density at radius 2 is 1.61 bits per heavy atom. The minimum absolute atomic E-state index is 0.172. The third kappa shape index (κ3) is 4.15. The number of hydrogen-bond donors (Lipinski definition) is 1. The number of rotatable bonds is 6. The van der Waals surface area contributed by atoms with Crippen molar-refractivity contribution in [2.24, 2.45) is 0 Å². The van der Waals surface area contributed by atoms with Crippen molar-refractivity contribution in [3.63, 3.8) is 0 Å². The number of fused-ring (bicyclic) bond motifs is 3. The van der Waals surface area contributed by atoms with Crippen LogP contribution in [0.3, 0.4) is 0 Å². The van der Waals surface area contributed by atoms with Crippen molar-refractivity contribution in [3.05, 3.63) is 98.5 Å². The lowest BCUT2D eigenvalue weighted by atomic mass is 9.92. The fourth-order valence-electron chi connectivity index (χ4n) is 5.89. The predicted octanol–water partition coefficient (Wildman–Crippen LogP) is 4.28. The molecule has 7 nitrogen and oxygen atoms in total. The van der Waals surface area contributed by atoms with Gasteiger partial charge in [0.25, 0.3) is 5.91 Å². The van der Waals surface area contributed by atoms with Crippen LogP contribution in [0.1, 0.15) is 65.5 Å². The molecule has 1 N–H and O–H groups in total. The van der Waals surface area contributed by atoms with Crippen LogP contribution in [0.4, 0.5) is 8.78 Å². The maximum atomic E-state index is 15.3. The highest BCUT2D eigenvalue weighted by molar-refractivity contribution is 5.96. The number of benzene rings is 2.